The first kappa shape index (κ1) is 15.9. The lowest BCUT2D eigenvalue weighted by Crippen LogP contribution is -2.38. The topological polar surface area (TPSA) is 56.6 Å². The highest BCUT2D eigenvalue weighted by Gasteiger charge is 2.30. The molecule has 2 aliphatic heterocycles. The molecule has 2 aliphatic rings. The summed E-state index contributed by atoms with van der Waals surface area (Å²) in [5, 5.41) is 4.31. The van der Waals surface area contributed by atoms with Crippen LogP contribution in [-0.2, 0) is 13.6 Å². The molecule has 0 N–H and O–H groups in total. The zero-order valence-corrected chi connectivity index (χ0v) is 15.0. The number of carbonyl (C=O) groups is 1. The smallest absolute Gasteiger partial charge is 0.254 e. The number of rotatable bonds is 2. The van der Waals surface area contributed by atoms with Crippen LogP contribution < -0.4 is 9.47 Å². The highest BCUT2D eigenvalue weighted by atomic mass is 16.7. The molecule has 1 aromatic heterocycles. The molecule has 6 heteroatoms. The Hall–Kier alpha value is -3.28. The summed E-state index contributed by atoms with van der Waals surface area (Å²) in [4.78, 5) is 15.1. The van der Waals surface area contributed by atoms with Gasteiger partial charge >= 0.3 is 0 Å². The highest BCUT2D eigenvalue weighted by Crippen LogP contribution is 2.36. The number of benzene rings is 2. The van der Waals surface area contributed by atoms with Crippen molar-refractivity contribution >= 4 is 5.91 Å². The van der Waals surface area contributed by atoms with E-state index in [2.05, 4.69) is 23.3 Å². The van der Waals surface area contributed by atoms with Crippen molar-refractivity contribution < 1.29 is 14.3 Å². The van der Waals surface area contributed by atoms with E-state index < -0.39 is 0 Å². The Morgan fingerprint density at radius 2 is 2.00 bits per heavy atom. The Morgan fingerprint density at radius 3 is 2.85 bits per heavy atom. The summed E-state index contributed by atoms with van der Waals surface area (Å²) in [5.41, 5.74) is 4.17. The Kier molecular flexibility index (Phi) is 3.63. The van der Waals surface area contributed by atoms with E-state index in [9.17, 15) is 4.79 Å². The van der Waals surface area contributed by atoms with Crippen LogP contribution in [0.1, 0.15) is 33.0 Å². The minimum atomic E-state index is -0.00306. The zero-order chi connectivity index (χ0) is 18.4. The van der Waals surface area contributed by atoms with Crippen molar-refractivity contribution in [3.63, 3.8) is 0 Å². The lowest BCUT2D eigenvalue weighted by atomic mass is 9.86. The molecule has 0 radical (unpaired) electrons. The molecule has 0 saturated carbocycles. The number of aryl methyl sites for hydroxylation is 1. The van der Waals surface area contributed by atoms with Gasteiger partial charge in [-0.1, -0.05) is 24.3 Å². The van der Waals surface area contributed by atoms with E-state index in [0.717, 1.165) is 5.56 Å². The van der Waals surface area contributed by atoms with Crippen LogP contribution in [0.25, 0.3) is 0 Å². The van der Waals surface area contributed by atoms with E-state index in [1.54, 1.807) is 22.9 Å². The molecule has 136 valence electrons. The molecule has 2 aromatic carbocycles. The van der Waals surface area contributed by atoms with Crippen molar-refractivity contribution in [2.24, 2.45) is 7.05 Å². The maximum Gasteiger partial charge on any atom is 0.254 e. The lowest BCUT2D eigenvalue weighted by Gasteiger charge is -2.34. The fourth-order valence-electron chi connectivity index (χ4n) is 3.88. The number of amides is 1. The number of hydrogen-bond acceptors (Lipinski definition) is 4. The van der Waals surface area contributed by atoms with Crippen LogP contribution in [0.3, 0.4) is 0 Å². The SMILES string of the molecule is Cn1cc(C2CN(C(=O)c3ccc4c(c3)OCO4)Cc3ccccc32)cn1. The second kappa shape index (κ2) is 6.16. The summed E-state index contributed by atoms with van der Waals surface area (Å²) in [6.07, 6.45) is 3.91. The number of nitrogens with zero attached hydrogens (tertiary/aromatic N) is 3. The summed E-state index contributed by atoms with van der Waals surface area (Å²) in [6, 6.07) is 13.7. The second-order valence-corrected chi connectivity index (χ2v) is 6.95. The minimum absolute atomic E-state index is 0.00306. The monoisotopic (exact) mass is 361 g/mol. The van der Waals surface area contributed by atoms with Crippen LogP contribution >= 0.6 is 0 Å². The van der Waals surface area contributed by atoms with Crippen molar-refractivity contribution in [2.75, 3.05) is 13.3 Å². The average molecular weight is 361 g/mol. The van der Waals surface area contributed by atoms with Crippen LogP contribution in [-0.4, -0.2) is 33.9 Å². The summed E-state index contributed by atoms with van der Waals surface area (Å²) >= 11 is 0. The molecule has 27 heavy (non-hydrogen) atoms. The van der Waals surface area contributed by atoms with Gasteiger partial charge in [-0.3, -0.25) is 9.48 Å². The first-order valence-electron chi connectivity index (χ1n) is 8.94. The number of hydrogen-bond donors (Lipinski definition) is 0. The normalized spacial score (nSPS) is 17.7. The van der Waals surface area contributed by atoms with E-state index in [-0.39, 0.29) is 18.6 Å². The van der Waals surface area contributed by atoms with Crippen LogP contribution in [0.15, 0.2) is 54.9 Å². The van der Waals surface area contributed by atoms with Crippen molar-refractivity contribution in [1.29, 1.82) is 0 Å². The van der Waals surface area contributed by atoms with Gasteiger partial charge in [-0.15, -0.1) is 0 Å². The molecule has 1 atom stereocenters. The van der Waals surface area contributed by atoms with Crippen LogP contribution in [0.4, 0.5) is 0 Å². The molecular weight excluding hydrogens is 342 g/mol. The molecule has 1 amide bonds. The lowest BCUT2D eigenvalue weighted by molar-refractivity contribution is 0.0724. The van der Waals surface area contributed by atoms with Crippen molar-refractivity contribution in [1.82, 2.24) is 14.7 Å². The maximum absolute atomic E-state index is 13.2. The van der Waals surface area contributed by atoms with Gasteiger partial charge in [0.05, 0.1) is 6.20 Å². The largest absolute Gasteiger partial charge is 0.454 e. The fourth-order valence-corrected chi connectivity index (χ4v) is 3.88. The summed E-state index contributed by atoms with van der Waals surface area (Å²) in [7, 11) is 1.91. The van der Waals surface area contributed by atoms with Crippen molar-refractivity contribution in [2.45, 2.75) is 12.5 Å². The fraction of sp³-hybridized carbons (Fsp3) is 0.238. The predicted molar refractivity (Wildman–Crippen MR) is 98.8 cm³/mol. The summed E-state index contributed by atoms with van der Waals surface area (Å²) in [6.45, 7) is 1.42. The van der Waals surface area contributed by atoms with Crippen LogP contribution in [0, 0.1) is 0 Å². The molecule has 0 spiro atoms. The van der Waals surface area contributed by atoms with Gasteiger partial charge in [-0.05, 0) is 34.9 Å². The Morgan fingerprint density at radius 1 is 1.15 bits per heavy atom. The molecule has 0 bridgehead atoms. The molecule has 0 aliphatic carbocycles. The van der Waals surface area contributed by atoms with Gasteiger partial charge < -0.3 is 14.4 Å². The van der Waals surface area contributed by atoms with Crippen molar-refractivity contribution in [3.05, 3.63) is 77.1 Å². The molecule has 3 aromatic rings. The van der Waals surface area contributed by atoms with E-state index in [0.29, 0.717) is 30.2 Å². The van der Waals surface area contributed by atoms with Crippen molar-refractivity contribution in [3.8, 4) is 11.5 Å². The number of carbonyl (C=O) groups excluding carboxylic acids is 1. The zero-order valence-electron chi connectivity index (χ0n) is 15.0. The summed E-state index contributed by atoms with van der Waals surface area (Å²) in [5.74, 6) is 1.42. The third-order valence-corrected chi connectivity index (χ3v) is 5.23. The van der Waals surface area contributed by atoms with Gasteiger partial charge in [0.2, 0.25) is 6.79 Å². The first-order chi connectivity index (χ1) is 13.2. The van der Waals surface area contributed by atoms with Gasteiger partial charge in [0.25, 0.3) is 5.91 Å². The molecule has 0 saturated heterocycles. The molecule has 1 unspecified atom stereocenters. The standard InChI is InChI=1S/C21H19N3O3/c1-23-10-16(9-22-23)18-12-24(11-15-4-2-3-5-17(15)18)21(25)14-6-7-19-20(8-14)27-13-26-19/h2-10,18H,11-13H2,1H3. The Balaban J connectivity index is 1.49. The number of aromatic nitrogens is 2. The first-order valence-corrected chi connectivity index (χ1v) is 8.94. The Bertz CT molecular complexity index is 1030. The molecule has 5 rings (SSSR count). The average Bonchev–Trinajstić information content (AvgIpc) is 3.34. The third kappa shape index (κ3) is 2.73. The minimum Gasteiger partial charge on any atom is -0.454 e. The Labute approximate surface area is 156 Å². The molecular formula is C21H19N3O3. The second-order valence-electron chi connectivity index (χ2n) is 6.95. The number of ether oxygens (including phenoxy) is 2. The van der Waals surface area contributed by atoms with Crippen LogP contribution in [0.2, 0.25) is 0 Å². The van der Waals surface area contributed by atoms with E-state index in [1.165, 1.54) is 11.1 Å². The van der Waals surface area contributed by atoms with Crippen LogP contribution in [0.5, 0.6) is 11.5 Å². The molecule has 6 nitrogen and oxygen atoms in total. The van der Waals surface area contributed by atoms with E-state index >= 15 is 0 Å². The molecule has 3 heterocycles. The predicted octanol–water partition coefficient (Wildman–Crippen LogP) is 2.94. The van der Waals surface area contributed by atoms with Gasteiger partial charge in [0, 0.05) is 37.8 Å². The maximum atomic E-state index is 13.2. The van der Waals surface area contributed by atoms with Gasteiger partial charge in [-0.2, -0.15) is 5.10 Å². The van der Waals surface area contributed by atoms with E-state index in [4.69, 9.17) is 9.47 Å². The van der Waals surface area contributed by atoms with Gasteiger partial charge in [0.15, 0.2) is 11.5 Å². The quantitative estimate of drug-likeness (QED) is 0.704. The third-order valence-electron chi connectivity index (χ3n) is 5.23. The highest BCUT2D eigenvalue weighted by molar-refractivity contribution is 5.95. The van der Waals surface area contributed by atoms with Gasteiger partial charge in [-0.25, -0.2) is 0 Å². The summed E-state index contributed by atoms with van der Waals surface area (Å²) < 4.78 is 12.6. The van der Waals surface area contributed by atoms with E-state index in [1.807, 2.05) is 30.4 Å². The van der Waals surface area contributed by atoms with Gasteiger partial charge in [0.1, 0.15) is 0 Å². The molecule has 0 fully saturated rings. The number of fused-ring (bicyclic) bond motifs is 2.